The SMILES string of the molecule is CC1(C)[C@@H](N)[C@@H]1c1cnc2ccccc2n1. The fourth-order valence-corrected chi connectivity index (χ4v) is 2.36. The Kier molecular flexibility index (Phi) is 1.83. The molecular weight excluding hydrogens is 198 g/mol. The van der Waals surface area contributed by atoms with Crippen LogP contribution in [0.25, 0.3) is 11.0 Å². The first-order valence-electron chi connectivity index (χ1n) is 5.58. The zero-order chi connectivity index (χ0) is 11.3. The molecule has 3 nitrogen and oxygen atoms in total. The summed E-state index contributed by atoms with van der Waals surface area (Å²) in [4.78, 5) is 9.07. The zero-order valence-electron chi connectivity index (χ0n) is 9.51. The van der Waals surface area contributed by atoms with Gasteiger partial charge in [-0.1, -0.05) is 26.0 Å². The standard InChI is InChI=1S/C13H15N3/c1-13(2)11(12(13)14)10-7-15-8-5-3-4-6-9(8)16-10/h3-7,11-12H,14H2,1-2H3/t11-,12-/m0/s1. The third kappa shape index (κ3) is 1.25. The molecule has 2 aromatic rings. The Hall–Kier alpha value is -1.48. The molecule has 2 N–H and O–H groups in total. The molecule has 0 bridgehead atoms. The van der Waals surface area contributed by atoms with Crippen LogP contribution in [-0.4, -0.2) is 16.0 Å². The molecule has 3 heteroatoms. The van der Waals surface area contributed by atoms with E-state index >= 15 is 0 Å². The van der Waals surface area contributed by atoms with E-state index in [2.05, 4.69) is 23.8 Å². The van der Waals surface area contributed by atoms with Crippen LogP contribution in [0.3, 0.4) is 0 Å². The van der Waals surface area contributed by atoms with E-state index in [1.165, 1.54) is 0 Å². The monoisotopic (exact) mass is 213 g/mol. The maximum atomic E-state index is 6.05. The molecule has 0 amide bonds. The molecule has 0 saturated heterocycles. The summed E-state index contributed by atoms with van der Waals surface area (Å²) in [6.45, 7) is 4.36. The fourth-order valence-electron chi connectivity index (χ4n) is 2.36. The minimum atomic E-state index is 0.164. The number of fused-ring (bicyclic) bond motifs is 1. The molecule has 1 aromatic carbocycles. The van der Waals surface area contributed by atoms with Gasteiger partial charge in [0.1, 0.15) is 0 Å². The van der Waals surface area contributed by atoms with Crippen molar-refractivity contribution in [2.24, 2.45) is 11.1 Å². The Morgan fingerprint density at radius 1 is 1.19 bits per heavy atom. The van der Waals surface area contributed by atoms with Crippen molar-refractivity contribution in [2.45, 2.75) is 25.8 Å². The lowest BCUT2D eigenvalue weighted by Gasteiger charge is -2.03. The third-order valence-corrected chi connectivity index (χ3v) is 3.70. The van der Waals surface area contributed by atoms with Gasteiger partial charge in [-0.3, -0.25) is 4.98 Å². The number of hydrogen-bond donors (Lipinski definition) is 1. The van der Waals surface area contributed by atoms with Gasteiger partial charge in [-0.05, 0) is 17.5 Å². The lowest BCUT2D eigenvalue weighted by molar-refractivity contribution is 0.595. The first-order chi connectivity index (χ1) is 7.60. The molecule has 1 fully saturated rings. The summed E-state index contributed by atoms with van der Waals surface area (Å²) in [7, 11) is 0. The number of benzene rings is 1. The Bertz CT molecular complexity index is 548. The van der Waals surface area contributed by atoms with E-state index in [9.17, 15) is 0 Å². The summed E-state index contributed by atoms with van der Waals surface area (Å²) in [6.07, 6.45) is 1.86. The summed E-state index contributed by atoms with van der Waals surface area (Å²) in [6, 6.07) is 8.14. The highest BCUT2D eigenvalue weighted by Crippen LogP contribution is 2.56. The highest BCUT2D eigenvalue weighted by Gasteiger charge is 2.57. The van der Waals surface area contributed by atoms with Crippen molar-refractivity contribution in [3.05, 3.63) is 36.2 Å². The Labute approximate surface area is 94.7 Å². The second-order valence-corrected chi connectivity index (χ2v) is 5.11. The van der Waals surface area contributed by atoms with Crippen LogP contribution in [0.5, 0.6) is 0 Å². The van der Waals surface area contributed by atoms with Gasteiger partial charge in [0.15, 0.2) is 0 Å². The number of rotatable bonds is 1. The predicted molar refractivity (Wildman–Crippen MR) is 64.0 cm³/mol. The van der Waals surface area contributed by atoms with Crippen LogP contribution in [0, 0.1) is 5.41 Å². The molecule has 0 radical (unpaired) electrons. The average molecular weight is 213 g/mol. The van der Waals surface area contributed by atoms with Crippen molar-refractivity contribution in [3.63, 3.8) is 0 Å². The van der Waals surface area contributed by atoms with E-state index in [1.807, 2.05) is 30.5 Å². The van der Waals surface area contributed by atoms with Gasteiger partial charge >= 0.3 is 0 Å². The molecule has 82 valence electrons. The molecular formula is C13H15N3. The summed E-state index contributed by atoms with van der Waals surface area (Å²) >= 11 is 0. The molecule has 1 heterocycles. The van der Waals surface area contributed by atoms with Crippen molar-refractivity contribution in [3.8, 4) is 0 Å². The lowest BCUT2D eigenvalue weighted by atomic mass is 10.1. The second-order valence-electron chi connectivity index (χ2n) is 5.11. The normalized spacial score (nSPS) is 26.9. The molecule has 1 saturated carbocycles. The smallest absolute Gasteiger partial charge is 0.0890 e. The first kappa shape index (κ1) is 9.73. The molecule has 1 aromatic heterocycles. The van der Waals surface area contributed by atoms with Crippen LogP contribution in [0.4, 0.5) is 0 Å². The number of nitrogens with zero attached hydrogens (tertiary/aromatic N) is 2. The fraction of sp³-hybridized carbons (Fsp3) is 0.385. The van der Waals surface area contributed by atoms with Crippen molar-refractivity contribution in [1.82, 2.24) is 9.97 Å². The van der Waals surface area contributed by atoms with Crippen molar-refractivity contribution < 1.29 is 0 Å². The second kappa shape index (κ2) is 3.01. The van der Waals surface area contributed by atoms with Crippen molar-refractivity contribution >= 4 is 11.0 Å². The molecule has 0 spiro atoms. The quantitative estimate of drug-likeness (QED) is 0.789. The van der Waals surface area contributed by atoms with E-state index in [4.69, 9.17) is 5.73 Å². The summed E-state index contributed by atoms with van der Waals surface area (Å²) < 4.78 is 0. The van der Waals surface area contributed by atoms with Crippen molar-refractivity contribution in [1.29, 1.82) is 0 Å². The van der Waals surface area contributed by atoms with E-state index in [-0.39, 0.29) is 11.5 Å². The maximum Gasteiger partial charge on any atom is 0.0890 e. The van der Waals surface area contributed by atoms with Crippen LogP contribution in [-0.2, 0) is 0 Å². The number of para-hydroxylation sites is 2. The van der Waals surface area contributed by atoms with Crippen molar-refractivity contribution in [2.75, 3.05) is 0 Å². The first-order valence-corrected chi connectivity index (χ1v) is 5.58. The molecule has 0 unspecified atom stereocenters. The van der Waals surface area contributed by atoms with Gasteiger partial charge in [0.2, 0.25) is 0 Å². The van der Waals surface area contributed by atoms with Gasteiger partial charge in [0.25, 0.3) is 0 Å². The van der Waals surface area contributed by atoms with Crippen LogP contribution in [0.1, 0.15) is 25.5 Å². The van der Waals surface area contributed by atoms with Gasteiger partial charge < -0.3 is 5.73 Å². The Morgan fingerprint density at radius 3 is 2.44 bits per heavy atom. The maximum absolute atomic E-state index is 6.05. The van der Waals surface area contributed by atoms with E-state index < -0.39 is 0 Å². The number of hydrogen-bond acceptors (Lipinski definition) is 3. The third-order valence-electron chi connectivity index (χ3n) is 3.70. The molecule has 1 aliphatic rings. The summed E-state index contributed by atoms with van der Waals surface area (Å²) in [5.74, 6) is 0.351. The van der Waals surface area contributed by atoms with Gasteiger partial charge in [0, 0.05) is 18.2 Å². The summed E-state index contributed by atoms with van der Waals surface area (Å²) in [5.41, 5.74) is 9.14. The Balaban J connectivity index is 2.07. The lowest BCUT2D eigenvalue weighted by Crippen LogP contribution is -2.06. The predicted octanol–water partition coefficient (Wildman–Crippen LogP) is 2.08. The van der Waals surface area contributed by atoms with Gasteiger partial charge in [0.05, 0.1) is 16.7 Å². The highest BCUT2D eigenvalue weighted by atomic mass is 14.9. The number of aromatic nitrogens is 2. The van der Waals surface area contributed by atoms with Crippen LogP contribution in [0.15, 0.2) is 30.5 Å². The Morgan fingerprint density at radius 2 is 1.81 bits per heavy atom. The van der Waals surface area contributed by atoms with E-state index in [0.717, 1.165) is 16.7 Å². The summed E-state index contributed by atoms with van der Waals surface area (Å²) in [5, 5.41) is 0. The largest absolute Gasteiger partial charge is 0.327 e. The van der Waals surface area contributed by atoms with E-state index in [1.54, 1.807) is 0 Å². The number of nitrogens with two attached hydrogens (primary N) is 1. The molecule has 16 heavy (non-hydrogen) atoms. The van der Waals surface area contributed by atoms with E-state index in [0.29, 0.717) is 5.92 Å². The highest BCUT2D eigenvalue weighted by molar-refractivity contribution is 5.73. The molecule has 0 aliphatic heterocycles. The zero-order valence-corrected chi connectivity index (χ0v) is 9.51. The average Bonchev–Trinajstić information content (AvgIpc) is 2.78. The van der Waals surface area contributed by atoms with Crippen LogP contribution in [0.2, 0.25) is 0 Å². The minimum Gasteiger partial charge on any atom is -0.327 e. The van der Waals surface area contributed by atoms with Gasteiger partial charge in [-0.25, -0.2) is 4.98 Å². The van der Waals surface area contributed by atoms with Gasteiger partial charge in [-0.15, -0.1) is 0 Å². The minimum absolute atomic E-state index is 0.164. The molecule has 3 rings (SSSR count). The van der Waals surface area contributed by atoms with Crippen LogP contribution >= 0.6 is 0 Å². The molecule has 2 atom stereocenters. The van der Waals surface area contributed by atoms with Crippen LogP contribution < -0.4 is 5.73 Å². The topological polar surface area (TPSA) is 51.8 Å². The molecule has 1 aliphatic carbocycles. The van der Waals surface area contributed by atoms with Gasteiger partial charge in [-0.2, -0.15) is 0 Å².